The van der Waals surface area contributed by atoms with Crippen molar-refractivity contribution in [3.05, 3.63) is 17.4 Å². The van der Waals surface area contributed by atoms with Crippen molar-refractivity contribution in [3.8, 4) is 17.2 Å². The van der Waals surface area contributed by atoms with E-state index in [9.17, 15) is 14.3 Å². The topological polar surface area (TPSA) is 65.0 Å². The van der Waals surface area contributed by atoms with Crippen LogP contribution in [0.2, 0.25) is 0 Å². The highest BCUT2D eigenvalue weighted by molar-refractivity contribution is 5.85. The van der Waals surface area contributed by atoms with E-state index in [1.54, 1.807) is 0 Å². The van der Waals surface area contributed by atoms with E-state index >= 15 is 0 Å². The summed E-state index contributed by atoms with van der Waals surface area (Å²) in [6, 6.07) is 1.15. The largest absolute Gasteiger partial charge is 0.493 e. The third-order valence-electron chi connectivity index (χ3n) is 4.38. The van der Waals surface area contributed by atoms with Crippen LogP contribution in [0, 0.1) is 5.82 Å². The van der Waals surface area contributed by atoms with Gasteiger partial charge in [0.25, 0.3) is 0 Å². The molecule has 5 nitrogen and oxygen atoms in total. The highest BCUT2D eigenvalue weighted by atomic mass is 19.1. The lowest BCUT2D eigenvalue weighted by Crippen LogP contribution is -2.38. The number of methoxy groups -OCH3 is 3. The first-order chi connectivity index (χ1) is 10.5. The molecule has 0 heterocycles. The van der Waals surface area contributed by atoms with Gasteiger partial charge in [-0.1, -0.05) is 19.3 Å². The maximum absolute atomic E-state index is 14.3. The SMILES string of the molecule is COc1cc(F)c(OC)c(C2(C(=O)O)CCCCC2)c1OC. The number of carboxylic acid groups (broad SMARTS) is 1. The standard InChI is InChI=1S/C16H21FO5/c1-20-11-9-10(17)13(21-2)12(14(11)22-3)16(15(18)19)7-5-4-6-8-16/h9H,4-8H2,1-3H3,(H,18,19). The van der Waals surface area contributed by atoms with E-state index in [1.165, 1.54) is 21.3 Å². The van der Waals surface area contributed by atoms with Crippen LogP contribution in [0.5, 0.6) is 17.2 Å². The molecule has 0 bridgehead atoms. The summed E-state index contributed by atoms with van der Waals surface area (Å²) in [5.41, 5.74) is -0.980. The summed E-state index contributed by atoms with van der Waals surface area (Å²) in [4.78, 5) is 12.0. The summed E-state index contributed by atoms with van der Waals surface area (Å²) < 4.78 is 30.0. The number of aliphatic carboxylic acids is 1. The van der Waals surface area contributed by atoms with Crippen LogP contribution in [-0.2, 0) is 10.2 Å². The minimum Gasteiger partial charge on any atom is -0.493 e. The molecule has 0 aliphatic heterocycles. The average Bonchev–Trinajstić information content (AvgIpc) is 2.54. The molecule has 1 aromatic rings. The van der Waals surface area contributed by atoms with Crippen molar-refractivity contribution in [2.75, 3.05) is 21.3 Å². The van der Waals surface area contributed by atoms with Gasteiger partial charge in [-0.15, -0.1) is 0 Å². The smallest absolute Gasteiger partial charge is 0.314 e. The first-order valence-electron chi connectivity index (χ1n) is 7.24. The van der Waals surface area contributed by atoms with Crippen LogP contribution in [0.1, 0.15) is 37.7 Å². The molecule has 22 heavy (non-hydrogen) atoms. The van der Waals surface area contributed by atoms with Crippen LogP contribution in [0.25, 0.3) is 0 Å². The number of carboxylic acids is 1. The van der Waals surface area contributed by atoms with Gasteiger partial charge in [0.2, 0.25) is 0 Å². The number of benzene rings is 1. The zero-order valence-electron chi connectivity index (χ0n) is 13.1. The van der Waals surface area contributed by atoms with E-state index in [0.29, 0.717) is 12.8 Å². The van der Waals surface area contributed by atoms with Crippen molar-refractivity contribution in [3.63, 3.8) is 0 Å². The third kappa shape index (κ3) is 2.46. The van der Waals surface area contributed by atoms with Gasteiger partial charge in [0, 0.05) is 6.07 Å². The van der Waals surface area contributed by atoms with Crippen LogP contribution in [0.15, 0.2) is 6.07 Å². The Hall–Kier alpha value is -1.98. The number of hydrogen-bond donors (Lipinski definition) is 1. The Kier molecular flexibility index (Phi) is 4.78. The minimum atomic E-state index is -1.22. The predicted molar refractivity (Wildman–Crippen MR) is 78.5 cm³/mol. The second-order valence-corrected chi connectivity index (χ2v) is 5.45. The van der Waals surface area contributed by atoms with Gasteiger partial charge < -0.3 is 19.3 Å². The Morgan fingerprint density at radius 2 is 1.68 bits per heavy atom. The van der Waals surface area contributed by atoms with Gasteiger partial charge in [-0.25, -0.2) is 4.39 Å². The Labute approximate surface area is 129 Å². The molecule has 1 aliphatic carbocycles. The molecule has 0 aromatic heterocycles. The summed E-state index contributed by atoms with van der Waals surface area (Å²) in [5, 5.41) is 9.86. The van der Waals surface area contributed by atoms with Gasteiger partial charge in [-0.2, -0.15) is 0 Å². The fourth-order valence-corrected chi connectivity index (χ4v) is 3.31. The van der Waals surface area contributed by atoms with Crippen molar-refractivity contribution in [2.45, 2.75) is 37.5 Å². The van der Waals surface area contributed by atoms with Crippen molar-refractivity contribution >= 4 is 5.97 Å². The molecular formula is C16H21FO5. The Bertz CT molecular complexity index is 564. The van der Waals surface area contributed by atoms with Crippen molar-refractivity contribution < 1.29 is 28.5 Å². The van der Waals surface area contributed by atoms with Crippen molar-refractivity contribution in [1.29, 1.82) is 0 Å². The van der Waals surface area contributed by atoms with Gasteiger partial charge in [0.1, 0.15) is 5.41 Å². The molecule has 1 saturated carbocycles. The maximum Gasteiger partial charge on any atom is 0.314 e. The summed E-state index contributed by atoms with van der Waals surface area (Å²) in [7, 11) is 4.13. The van der Waals surface area contributed by atoms with Crippen molar-refractivity contribution in [2.24, 2.45) is 0 Å². The van der Waals surface area contributed by atoms with Crippen LogP contribution < -0.4 is 14.2 Å². The Balaban J connectivity index is 2.79. The van der Waals surface area contributed by atoms with Crippen LogP contribution in [-0.4, -0.2) is 32.4 Å². The summed E-state index contributed by atoms with van der Waals surface area (Å²) in [6.07, 6.45) is 3.32. The molecule has 0 amide bonds. The fraction of sp³-hybridized carbons (Fsp3) is 0.562. The third-order valence-corrected chi connectivity index (χ3v) is 4.38. The van der Waals surface area contributed by atoms with Gasteiger partial charge >= 0.3 is 5.97 Å². The first kappa shape index (κ1) is 16.4. The van der Waals surface area contributed by atoms with Gasteiger partial charge in [-0.05, 0) is 12.8 Å². The highest BCUT2D eigenvalue weighted by Crippen LogP contribution is 2.51. The maximum atomic E-state index is 14.3. The molecule has 1 aromatic carbocycles. The van der Waals surface area contributed by atoms with Gasteiger partial charge in [0.05, 0.1) is 26.9 Å². The lowest BCUT2D eigenvalue weighted by molar-refractivity contribution is -0.145. The monoisotopic (exact) mass is 312 g/mol. The molecule has 2 rings (SSSR count). The Morgan fingerprint density at radius 3 is 2.14 bits per heavy atom. The van der Waals surface area contributed by atoms with E-state index in [-0.39, 0.29) is 22.8 Å². The van der Waals surface area contributed by atoms with Crippen molar-refractivity contribution in [1.82, 2.24) is 0 Å². The van der Waals surface area contributed by atoms with E-state index in [4.69, 9.17) is 14.2 Å². The summed E-state index contributed by atoms with van der Waals surface area (Å²) in [5.74, 6) is -1.33. The van der Waals surface area contributed by atoms with E-state index < -0.39 is 17.2 Å². The van der Waals surface area contributed by atoms with Gasteiger partial charge in [0.15, 0.2) is 23.1 Å². The molecule has 0 atom stereocenters. The summed E-state index contributed by atoms with van der Waals surface area (Å²) in [6.45, 7) is 0. The number of ether oxygens (including phenoxy) is 3. The minimum absolute atomic E-state index is 0.0815. The zero-order chi connectivity index (χ0) is 16.3. The molecular weight excluding hydrogens is 291 g/mol. The fourth-order valence-electron chi connectivity index (χ4n) is 3.31. The van der Waals surface area contributed by atoms with E-state index in [0.717, 1.165) is 25.3 Å². The lowest BCUT2D eigenvalue weighted by Gasteiger charge is -2.35. The van der Waals surface area contributed by atoms with Gasteiger partial charge in [-0.3, -0.25) is 4.79 Å². The molecule has 6 heteroatoms. The molecule has 1 fully saturated rings. The van der Waals surface area contributed by atoms with Crippen LogP contribution >= 0.6 is 0 Å². The van der Waals surface area contributed by atoms with Crippen LogP contribution in [0.4, 0.5) is 4.39 Å². The second-order valence-electron chi connectivity index (χ2n) is 5.45. The van der Waals surface area contributed by atoms with Crippen LogP contribution in [0.3, 0.4) is 0 Å². The first-order valence-corrected chi connectivity index (χ1v) is 7.24. The number of carbonyl (C=O) groups is 1. The van der Waals surface area contributed by atoms with E-state index in [1.807, 2.05) is 0 Å². The molecule has 0 spiro atoms. The molecule has 0 saturated heterocycles. The number of halogens is 1. The molecule has 1 aliphatic rings. The predicted octanol–water partition coefficient (Wildman–Crippen LogP) is 3.14. The number of hydrogen-bond acceptors (Lipinski definition) is 4. The number of rotatable bonds is 5. The second kappa shape index (κ2) is 6.42. The summed E-state index contributed by atoms with van der Waals surface area (Å²) >= 11 is 0. The molecule has 122 valence electrons. The molecule has 0 unspecified atom stereocenters. The Morgan fingerprint density at radius 1 is 1.09 bits per heavy atom. The van der Waals surface area contributed by atoms with E-state index in [2.05, 4.69) is 0 Å². The lowest BCUT2D eigenvalue weighted by atomic mass is 9.68. The quantitative estimate of drug-likeness (QED) is 0.905. The highest BCUT2D eigenvalue weighted by Gasteiger charge is 2.47. The zero-order valence-corrected chi connectivity index (χ0v) is 13.1. The molecule has 0 radical (unpaired) electrons. The average molecular weight is 312 g/mol. The normalized spacial score (nSPS) is 16.9. The molecule has 1 N–H and O–H groups in total.